The third kappa shape index (κ3) is 3.46. The molecular formula is C13H12F3N. The summed E-state index contributed by atoms with van der Waals surface area (Å²) in [5, 5.41) is 4.51. The highest BCUT2D eigenvalue weighted by molar-refractivity contribution is 5.82. The van der Waals surface area contributed by atoms with Crippen molar-refractivity contribution in [1.82, 2.24) is 5.32 Å². The number of hydrogen-bond acceptors (Lipinski definition) is 1. The van der Waals surface area contributed by atoms with Gasteiger partial charge in [0, 0.05) is 6.54 Å². The first-order valence-corrected chi connectivity index (χ1v) is 5.30. The Morgan fingerprint density at radius 1 is 0.941 bits per heavy atom. The lowest BCUT2D eigenvalue weighted by atomic mass is 10.1. The molecule has 0 atom stereocenters. The van der Waals surface area contributed by atoms with Gasteiger partial charge in [0.05, 0.1) is 6.54 Å². The maximum absolute atomic E-state index is 11.9. The predicted molar refractivity (Wildman–Crippen MR) is 61.7 cm³/mol. The zero-order chi connectivity index (χ0) is 12.3. The van der Waals surface area contributed by atoms with E-state index >= 15 is 0 Å². The first kappa shape index (κ1) is 11.9. The maximum Gasteiger partial charge on any atom is 0.401 e. The molecule has 1 nitrogen and oxygen atoms in total. The van der Waals surface area contributed by atoms with Gasteiger partial charge in [-0.05, 0) is 22.4 Å². The molecule has 0 saturated heterocycles. The molecule has 0 unspecified atom stereocenters. The van der Waals surface area contributed by atoms with Gasteiger partial charge in [-0.3, -0.25) is 0 Å². The van der Waals surface area contributed by atoms with Gasteiger partial charge in [0.1, 0.15) is 0 Å². The minimum absolute atomic E-state index is 0.227. The van der Waals surface area contributed by atoms with Crippen LogP contribution in [-0.4, -0.2) is 12.7 Å². The molecule has 0 bridgehead atoms. The summed E-state index contributed by atoms with van der Waals surface area (Å²) < 4.78 is 35.8. The molecule has 0 radical (unpaired) electrons. The van der Waals surface area contributed by atoms with Gasteiger partial charge in [0.25, 0.3) is 0 Å². The fraction of sp³-hybridized carbons (Fsp3) is 0.231. The molecule has 0 aliphatic carbocycles. The molecule has 0 aromatic heterocycles. The van der Waals surface area contributed by atoms with Crippen LogP contribution in [0.5, 0.6) is 0 Å². The molecule has 1 N–H and O–H groups in total. The Morgan fingerprint density at radius 2 is 1.65 bits per heavy atom. The Morgan fingerprint density at radius 3 is 2.35 bits per heavy atom. The SMILES string of the molecule is FC(F)(F)CNCc1ccc2ccccc2c1. The summed E-state index contributed by atoms with van der Waals surface area (Å²) in [5.41, 5.74) is 0.855. The van der Waals surface area contributed by atoms with Gasteiger partial charge in [-0.25, -0.2) is 0 Å². The van der Waals surface area contributed by atoms with Gasteiger partial charge in [-0.2, -0.15) is 13.2 Å². The van der Waals surface area contributed by atoms with Crippen LogP contribution in [0.3, 0.4) is 0 Å². The summed E-state index contributed by atoms with van der Waals surface area (Å²) in [7, 11) is 0. The van der Waals surface area contributed by atoms with E-state index in [4.69, 9.17) is 0 Å². The molecule has 0 spiro atoms. The highest BCUT2D eigenvalue weighted by Crippen LogP contribution is 2.16. The molecule has 0 aliphatic heterocycles. The minimum Gasteiger partial charge on any atom is -0.305 e. The summed E-state index contributed by atoms with van der Waals surface area (Å²) >= 11 is 0. The first-order chi connectivity index (χ1) is 8.04. The van der Waals surface area contributed by atoms with Crippen molar-refractivity contribution in [1.29, 1.82) is 0 Å². The largest absolute Gasteiger partial charge is 0.401 e. The van der Waals surface area contributed by atoms with Crippen molar-refractivity contribution in [3.8, 4) is 0 Å². The molecule has 17 heavy (non-hydrogen) atoms. The van der Waals surface area contributed by atoms with E-state index in [0.29, 0.717) is 0 Å². The second-order valence-electron chi connectivity index (χ2n) is 3.90. The van der Waals surface area contributed by atoms with Crippen LogP contribution in [-0.2, 0) is 6.54 Å². The van der Waals surface area contributed by atoms with Gasteiger partial charge < -0.3 is 5.32 Å². The monoisotopic (exact) mass is 239 g/mol. The molecule has 2 aromatic rings. The van der Waals surface area contributed by atoms with Crippen LogP contribution in [0, 0.1) is 0 Å². The van der Waals surface area contributed by atoms with Gasteiger partial charge in [-0.15, -0.1) is 0 Å². The highest BCUT2D eigenvalue weighted by Gasteiger charge is 2.25. The second-order valence-corrected chi connectivity index (χ2v) is 3.90. The molecule has 0 heterocycles. The van der Waals surface area contributed by atoms with Crippen LogP contribution in [0.4, 0.5) is 13.2 Å². The molecule has 0 saturated carbocycles. The Hall–Kier alpha value is -1.55. The minimum atomic E-state index is -4.16. The van der Waals surface area contributed by atoms with Crippen LogP contribution in [0.15, 0.2) is 42.5 Å². The fourth-order valence-electron chi connectivity index (χ4n) is 1.70. The average molecular weight is 239 g/mol. The molecule has 4 heteroatoms. The first-order valence-electron chi connectivity index (χ1n) is 5.30. The number of hydrogen-bond donors (Lipinski definition) is 1. The topological polar surface area (TPSA) is 12.0 Å². The third-order valence-electron chi connectivity index (χ3n) is 2.47. The maximum atomic E-state index is 11.9. The fourth-order valence-corrected chi connectivity index (χ4v) is 1.70. The van der Waals surface area contributed by atoms with Gasteiger partial charge in [0.15, 0.2) is 0 Å². The molecular weight excluding hydrogens is 227 g/mol. The summed E-state index contributed by atoms with van der Waals surface area (Å²) in [4.78, 5) is 0. The number of alkyl halides is 3. The zero-order valence-electron chi connectivity index (χ0n) is 9.09. The van der Waals surface area contributed by atoms with E-state index in [0.717, 1.165) is 16.3 Å². The van der Waals surface area contributed by atoms with Crippen LogP contribution in [0.25, 0.3) is 10.8 Å². The third-order valence-corrected chi connectivity index (χ3v) is 2.47. The molecule has 0 aliphatic rings. The van der Waals surface area contributed by atoms with E-state index in [9.17, 15) is 13.2 Å². The Balaban J connectivity index is 2.04. The highest BCUT2D eigenvalue weighted by atomic mass is 19.4. The number of halogens is 3. The van der Waals surface area contributed by atoms with Crippen molar-refractivity contribution in [3.05, 3.63) is 48.0 Å². The summed E-state index contributed by atoms with van der Waals surface area (Å²) in [6.45, 7) is -0.732. The predicted octanol–water partition coefficient (Wildman–Crippen LogP) is 3.49. The normalized spacial score (nSPS) is 11.9. The van der Waals surface area contributed by atoms with Crippen LogP contribution in [0.2, 0.25) is 0 Å². The molecule has 90 valence electrons. The van der Waals surface area contributed by atoms with Gasteiger partial charge >= 0.3 is 6.18 Å². The van der Waals surface area contributed by atoms with Crippen molar-refractivity contribution < 1.29 is 13.2 Å². The van der Waals surface area contributed by atoms with E-state index in [-0.39, 0.29) is 6.54 Å². The Bertz CT molecular complexity index is 505. The molecule has 0 fully saturated rings. The smallest absolute Gasteiger partial charge is 0.305 e. The van der Waals surface area contributed by atoms with Crippen molar-refractivity contribution in [2.75, 3.05) is 6.54 Å². The number of rotatable bonds is 3. The van der Waals surface area contributed by atoms with E-state index in [2.05, 4.69) is 5.32 Å². The van der Waals surface area contributed by atoms with Crippen LogP contribution < -0.4 is 5.32 Å². The zero-order valence-corrected chi connectivity index (χ0v) is 9.09. The van der Waals surface area contributed by atoms with E-state index in [1.807, 2.05) is 42.5 Å². The van der Waals surface area contributed by atoms with Gasteiger partial charge in [0.2, 0.25) is 0 Å². The number of nitrogens with one attached hydrogen (secondary N) is 1. The standard InChI is InChI=1S/C13H12F3N/c14-13(15,16)9-17-8-10-5-6-11-3-1-2-4-12(11)7-10/h1-7,17H,8-9H2. The second kappa shape index (κ2) is 4.75. The number of fused-ring (bicyclic) bond motifs is 1. The molecule has 2 rings (SSSR count). The summed E-state index contributed by atoms with van der Waals surface area (Å²) in [6.07, 6.45) is -4.16. The lowest BCUT2D eigenvalue weighted by Crippen LogP contribution is -2.28. The molecule has 0 amide bonds. The average Bonchev–Trinajstić information content (AvgIpc) is 2.27. The van der Waals surface area contributed by atoms with Gasteiger partial charge in [-0.1, -0.05) is 36.4 Å². The van der Waals surface area contributed by atoms with Crippen LogP contribution in [0.1, 0.15) is 5.56 Å². The quantitative estimate of drug-likeness (QED) is 0.864. The summed E-state index contributed by atoms with van der Waals surface area (Å²) in [5.74, 6) is 0. The van der Waals surface area contributed by atoms with Crippen molar-refractivity contribution in [3.63, 3.8) is 0 Å². The number of benzene rings is 2. The lowest BCUT2D eigenvalue weighted by molar-refractivity contribution is -0.125. The Labute approximate surface area is 97.3 Å². The summed E-state index contributed by atoms with van der Waals surface area (Å²) in [6, 6.07) is 13.4. The lowest BCUT2D eigenvalue weighted by Gasteiger charge is -2.08. The van der Waals surface area contributed by atoms with E-state index in [1.54, 1.807) is 0 Å². The van der Waals surface area contributed by atoms with Crippen molar-refractivity contribution in [2.24, 2.45) is 0 Å². The van der Waals surface area contributed by atoms with Crippen LogP contribution >= 0.6 is 0 Å². The van der Waals surface area contributed by atoms with E-state index < -0.39 is 12.7 Å². The van der Waals surface area contributed by atoms with Crippen molar-refractivity contribution >= 4 is 10.8 Å². The van der Waals surface area contributed by atoms with E-state index in [1.165, 1.54) is 0 Å². The molecule has 2 aromatic carbocycles. The van der Waals surface area contributed by atoms with Crippen molar-refractivity contribution in [2.45, 2.75) is 12.7 Å². The Kier molecular flexibility index (Phi) is 3.33.